The van der Waals surface area contributed by atoms with E-state index in [1.54, 1.807) is 0 Å². The van der Waals surface area contributed by atoms with Crippen LogP contribution in [-0.4, -0.2) is 8.42 Å². The summed E-state index contributed by atoms with van der Waals surface area (Å²) in [5, 5.41) is -0.292. The van der Waals surface area contributed by atoms with E-state index >= 15 is 0 Å². The van der Waals surface area contributed by atoms with Crippen LogP contribution in [0.4, 0.5) is 17.1 Å². The molecular formula is C7H3ClF4O2S. The first-order chi connectivity index (χ1) is 6.62. The Balaban J connectivity index is 3.55. The van der Waals surface area contributed by atoms with Gasteiger partial charge in [-0.25, -0.2) is 0 Å². The summed E-state index contributed by atoms with van der Waals surface area (Å²) in [6.45, 7) is 0. The second-order valence-electron chi connectivity index (χ2n) is 2.58. The lowest BCUT2D eigenvalue weighted by molar-refractivity contribution is -0.139. The van der Waals surface area contributed by atoms with Crippen molar-refractivity contribution < 1.29 is 25.5 Å². The number of benzene rings is 1. The van der Waals surface area contributed by atoms with Crippen molar-refractivity contribution in [3.63, 3.8) is 0 Å². The van der Waals surface area contributed by atoms with E-state index < -0.39 is 26.9 Å². The Morgan fingerprint density at radius 3 is 2.13 bits per heavy atom. The van der Waals surface area contributed by atoms with Gasteiger partial charge < -0.3 is 0 Å². The minimum atomic E-state index is -5.44. The van der Waals surface area contributed by atoms with Crippen molar-refractivity contribution in [3.8, 4) is 0 Å². The fourth-order valence-corrected chi connectivity index (χ4v) is 1.88. The van der Waals surface area contributed by atoms with Gasteiger partial charge in [-0.1, -0.05) is 11.6 Å². The van der Waals surface area contributed by atoms with Crippen LogP contribution in [0, 0.1) is 0 Å². The van der Waals surface area contributed by atoms with E-state index in [2.05, 4.69) is 0 Å². The molecule has 0 saturated heterocycles. The number of alkyl halides is 3. The molecule has 0 amide bonds. The van der Waals surface area contributed by atoms with E-state index in [0.29, 0.717) is 12.1 Å². The highest BCUT2D eigenvalue weighted by Gasteiger charge is 2.37. The summed E-state index contributed by atoms with van der Waals surface area (Å²) in [5.74, 6) is 0. The Morgan fingerprint density at radius 2 is 1.73 bits per heavy atom. The molecule has 0 fully saturated rings. The third kappa shape index (κ3) is 2.82. The van der Waals surface area contributed by atoms with Crippen LogP contribution in [0.5, 0.6) is 0 Å². The second kappa shape index (κ2) is 3.64. The quantitative estimate of drug-likeness (QED) is 0.576. The largest absolute Gasteiger partial charge is 0.417 e. The zero-order valence-corrected chi connectivity index (χ0v) is 8.42. The summed E-state index contributed by atoms with van der Waals surface area (Å²) in [5.41, 5.74) is -1.57. The summed E-state index contributed by atoms with van der Waals surface area (Å²) in [7, 11) is -5.44. The molecular weight excluding hydrogens is 260 g/mol. The Kier molecular flexibility index (Phi) is 2.97. The summed E-state index contributed by atoms with van der Waals surface area (Å²) < 4.78 is 70.1. The van der Waals surface area contributed by atoms with Crippen LogP contribution in [0.3, 0.4) is 0 Å². The van der Waals surface area contributed by atoms with Gasteiger partial charge in [-0.05, 0) is 18.2 Å². The molecule has 0 aliphatic heterocycles. The van der Waals surface area contributed by atoms with Crippen molar-refractivity contribution >= 4 is 21.8 Å². The molecule has 0 saturated carbocycles. The van der Waals surface area contributed by atoms with Crippen LogP contribution in [0.1, 0.15) is 5.56 Å². The molecule has 0 atom stereocenters. The molecule has 0 bridgehead atoms. The van der Waals surface area contributed by atoms with Gasteiger partial charge in [0.05, 0.1) is 5.56 Å². The lowest BCUT2D eigenvalue weighted by Crippen LogP contribution is -2.10. The van der Waals surface area contributed by atoms with E-state index in [1.807, 2.05) is 0 Å². The predicted molar refractivity (Wildman–Crippen MR) is 44.7 cm³/mol. The van der Waals surface area contributed by atoms with E-state index in [1.165, 1.54) is 0 Å². The minimum Gasteiger partial charge on any atom is -0.189 e. The zero-order chi connectivity index (χ0) is 11.9. The topological polar surface area (TPSA) is 34.1 Å². The van der Waals surface area contributed by atoms with Gasteiger partial charge in [0.25, 0.3) is 0 Å². The standard InChI is InChI=1S/C7H3ClF4O2S/c8-4-1-2-5(7(9,10)11)6(3-4)15(12,13)14/h1-3H. The zero-order valence-electron chi connectivity index (χ0n) is 6.85. The predicted octanol–water partition coefficient (Wildman–Crippen LogP) is 3.02. The first-order valence-electron chi connectivity index (χ1n) is 3.44. The molecule has 0 unspecified atom stereocenters. The molecule has 0 aromatic heterocycles. The fraction of sp³-hybridized carbons (Fsp3) is 0.143. The lowest BCUT2D eigenvalue weighted by atomic mass is 10.2. The molecule has 84 valence electrons. The van der Waals surface area contributed by atoms with Crippen LogP contribution >= 0.6 is 11.6 Å². The normalized spacial score (nSPS) is 12.9. The summed E-state index contributed by atoms with van der Waals surface area (Å²) in [4.78, 5) is -1.47. The van der Waals surface area contributed by atoms with Crippen LogP contribution in [-0.2, 0) is 16.4 Å². The maximum absolute atomic E-state index is 12.5. The third-order valence-corrected chi connectivity index (χ3v) is 2.61. The number of hydrogen-bond donors (Lipinski definition) is 0. The molecule has 0 heterocycles. The van der Waals surface area contributed by atoms with Gasteiger partial charge in [0.2, 0.25) is 0 Å². The Bertz CT molecular complexity index is 480. The second-order valence-corrected chi connectivity index (χ2v) is 4.33. The monoisotopic (exact) mass is 262 g/mol. The molecule has 15 heavy (non-hydrogen) atoms. The van der Waals surface area contributed by atoms with Crippen LogP contribution < -0.4 is 0 Å². The molecule has 1 aromatic carbocycles. The van der Waals surface area contributed by atoms with E-state index in [-0.39, 0.29) is 5.02 Å². The maximum Gasteiger partial charge on any atom is 0.417 e. The van der Waals surface area contributed by atoms with E-state index in [4.69, 9.17) is 11.6 Å². The van der Waals surface area contributed by atoms with Gasteiger partial charge in [0.15, 0.2) is 0 Å². The molecule has 2 nitrogen and oxygen atoms in total. The first kappa shape index (κ1) is 12.3. The van der Waals surface area contributed by atoms with Crippen LogP contribution in [0.2, 0.25) is 5.02 Å². The van der Waals surface area contributed by atoms with Crippen molar-refractivity contribution in [2.45, 2.75) is 11.1 Å². The lowest BCUT2D eigenvalue weighted by Gasteiger charge is -2.09. The molecule has 0 radical (unpaired) electrons. The van der Waals surface area contributed by atoms with Gasteiger partial charge in [0, 0.05) is 5.02 Å². The van der Waals surface area contributed by atoms with Crippen molar-refractivity contribution in [1.29, 1.82) is 0 Å². The van der Waals surface area contributed by atoms with E-state index in [9.17, 15) is 25.5 Å². The van der Waals surface area contributed by atoms with Crippen molar-refractivity contribution in [2.24, 2.45) is 0 Å². The number of rotatable bonds is 1. The summed E-state index contributed by atoms with van der Waals surface area (Å²) in [6.07, 6.45) is -4.95. The Labute approximate surface area is 87.7 Å². The fourth-order valence-electron chi connectivity index (χ4n) is 0.932. The van der Waals surface area contributed by atoms with Crippen molar-refractivity contribution in [2.75, 3.05) is 0 Å². The van der Waals surface area contributed by atoms with Gasteiger partial charge in [-0.2, -0.15) is 21.6 Å². The molecule has 0 spiro atoms. The SMILES string of the molecule is O=S(=O)(F)c1cc(Cl)ccc1C(F)(F)F. The highest BCUT2D eigenvalue weighted by Crippen LogP contribution is 2.36. The average molecular weight is 263 g/mol. The van der Waals surface area contributed by atoms with Crippen molar-refractivity contribution in [1.82, 2.24) is 0 Å². The Morgan fingerprint density at radius 1 is 1.20 bits per heavy atom. The Hall–Kier alpha value is -0.820. The molecule has 0 aliphatic carbocycles. The highest BCUT2D eigenvalue weighted by molar-refractivity contribution is 7.86. The average Bonchev–Trinajstić information content (AvgIpc) is 2.00. The minimum absolute atomic E-state index is 0.292. The molecule has 1 aromatic rings. The highest BCUT2D eigenvalue weighted by atomic mass is 35.5. The summed E-state index contributed by atoms with van der Waals surface area (Å²) >= 11 is 5.27. The van der Waals surface area contributed by atoms with Crippen LogP contribution in [0.25, 0.3) is 0 Å². The van der Waals surface area contributed by atoms with Gasteiger partial charge in [-0.15, -0.1) is 3.89 Å². The maximum atomic E-state index is 12.5. The summed E-state index contributed by atoms with van der Waals surface area (Å²) in [6, 6.07) is 1.66. The van der Waals surface area contributed by atoms with Crippen molar-refractivity contribution in [3.05, 3.63) is 28.8 Å². The number of hydrogen-bond acceptors (Lipinski definition) is 2. The van der Waals surface area contributed by atoms with Gasteiger partial charge in [-0.3, -0.25) is 0 Å². The van der Waals surface area contributed by atoms with Gasteiger partial charge in [0.1, 0.15) is 4.90 Å². The van der Waals surface area contributed by atoms with E-state index in [0.717, 1.165) is 6.07 Å². The van der Waals surface area contributed by atoms with Gasteiger partial charge >= 0.3 is 16.4 Å². The molecule has 1 rings (SSSR count). The molecule has 0 N–H and O–H groups in total. The number of halogens is 5. The van der Waals surface area contributed by atoms with Crippen LogP contribution in [0.15, 0.2) is 23.1 Å². The molecule has 0 aliphatic rings. The third-order valence-electron chi connectivity index (χ3n) is 1.51. The molecule has 8 heteroatoms. The smallest absolute Gasteiger partial charge is 0.189 e. The first-order valence-corrected chi connectivity index (χ1v) is 5.20.